The molecule has 5 nitrogen and oxygen atoms in total. The van der Waals surface area contributed by atoms with E-state index < -0.39 is 16.1 Å². The third-order valence-corrected chi connectivity index (χ3v) is 4.75. The molecule has 0 aromatic heterocycles. The molecular formula is C9H18N2O3S2. The lowest BCUT2D eigenvalue weighted by molar-refractivity contribution is 0.0385. The van der Waals surface area contributed by atoms with Crippen LogP contribution in [0.5, 0.6) is 0 Å². The van der Waals surface area contributed by atoms with Crippen molar-refractivity contribution < 1.29 is 13.2 Å². The summed E-state index contributed by atoms with van der Waals surface area (Å²) in [4.78, 5) is 0.212. The fraction of sp³-hybridized carbons (Fsp3) is 0.889. The first kappa shape index (κ1) is 13.8. The van der Waals surface area contributed by atoms with E-state index in [1.54, 1.807) is 0 Å². The maximum absolute atomic E-state index is 12.0. The molecule has 0 aromatic rings. The largest absolute Gasteiger partial charge is 0.391 e. The summed E-state index contributed by atoms with van der Waals surface area (Å²) < 4.78 is 30.6. The zero-order chi connectivity index (χ0) is 12.3. The average Bonchev–Trinajstić information content (AvgIpc) is 2.16. The lowest BCUT2D eigenvalue weighted by atomic mass is 10.3. The van der Waals surface area contributed by atoms with Crippen molar-refractivity contribution in [2.75, 3.05) is 25.4 Å². The number of nitrogens with zero attached hydrogens (tertiary/aromatic N) is 1. The molecule has 94 valence electrons. The van der Waals surface area contributed by atoms with Crippen LogP contribution in [0.15, 0.2) is 0 Å². The predicted molar refractivity (Wildman–Crippen MR) is 66.7 cm³/mol. The van der Waals surface area contributed by atoms with Gasteiger partial charge in [-0.3, -0.25) is 0 Å². The van der Waals surface area contributed by atoms with Gasteiger partial charge < -0.3 is 10.5 Å². The van der Waals surface area contributed by atoms with Gasteiger partial charge in [-0.05, 0) is 5.92 Å². The molecule has 1 aliphatic rings. The topological polar surface area (TPSA) is 72.6 Å². The lowest BCUT2D eigenvalue weighted by Gasteiger charge is -2.31. The molecule has 1 atom stereocenters. The third-order valence-electron chi connectivity index (χ3n) is 2.28. The maximum Gasteiger partial charge on any atom is 0.214 e. The van der Waals surface area contributed by atoms with E-state index >= 15 is 0 Å². The molecule has 0 amide bonds. The second-order valence-electron chi connectivity index (χ2n) is 4.29. The Morgan fingerprint density at radius 2 is 2.25 bits per heavy atom. The second-order valence-corrected chi connectivity index (χ2v) is 6.78. The Labute approximate surface area is 102 Å². The van der Waals surface area contributed by atoms with Crippen molar-refractivity contribution in [3.63, 3.8) is 0 Å². The molecule has 0 radical (unpaired) electrons. The highest BCUT2D eigenvalue weighted by Gasteiger charge is 2.30. The van der Waals surface area contributed by atoms with E-state index in [2.05, 4.69) is 0 Å². The van der Waals surface area contributed by atoms with Crippen molar-refractivity contribution in [2.45, 2.75) is 20.0 Å². The van der Waals surface area contributed by atoms with Crippen LogP contribution >= 0.6 is 12.2 Å². The van der Waals surface area contributed by atoms with E-state index in [9.17, 15) is 8.42 Å². The summed E-state index contributed by atoms with van der Waals surface area (Å²) in [5, 5.41) is 0. The van der Waals surface area contributed by atoms with Crippen LogP contribution < -0.4 is 5.73 Å². The van der Waals surface area contributed by atoms with E-state index in [4.69, 9.17) is 22.7 Å². The number of hydrogen-bond donors (Lipinski definition) is 1. The SMILES string of the molecule is CC(C)CS(=O)(=O)N1CCOC(C(N)=S)C1. The molecule has 0 saturated carbocycles. The molecule has 1 aliphatic heterocycles. The van der Waals surface area contributed by atoms with Gasteiger partial charge >= 0.3 is 0 Å². The Balaban J connectivity index is 2.70. The molecule has 1 unspecified atom stereocenters. The number of ether oxygens (including phenoxy) is 1. The van der Waals surface area contributed by atoms with Crippen LogP contribution in [-0.4, -0.2) is 49.3 Å². The van der Waals surface area contributed by atoms with Gasteiger partial charge in [-0.25, -0.2) is 8.42 Å². The minimum atomic E-state index is -3.21. The molecule has 0 aromatic carbocycles. The van der Waals surface area contributed by atoms with Gasteiger partial charge in [0.25, 0.3) is 0 Å². The summed E-state index contributed by atoms with van der Waals surface area (Å²) in [6, 6.07) is 0. The summed E-state index contributed by atoms with van der Waals surface area (Å²) in [6.07, 6.45) is -0.453. The Hall–Kier alpha value is -0.240. The first-order valence-corrected chi connectivity index (χ1v) is 7.23. The summed E-state index contributed by atoms with van der Waals surface area (Å²) >= 11 is 4.81. The first-order valence-electron chi connectivity index (χ1n) is 5.21. The summed E-state index contributed by atoms with van der Waals surface area (Å²) in [6.45, 7) is 4.73. The van der Waals surface area contributed by atoms with Crippen LogP contribution in [-0.2, 0) is 14.8 Å². The van der Waals surface area contributed by atoms with E-state index in [1.165, 1.54) is 4.31 Å². The van der Waals surface area contributed by atoms with Gasteiger partial charge in [-0.1, -0.05) is 26.1 Å². The van der Waals surface area contributed by atoms with Crippen molar-refractivity contribution in [2.24, 2.45) is 11.7 Å². The molecule has 7 heteroatoms. The smallest absolute Gasteiger partial charge is 0.214 e. The van der Waals surface area contributed by atoms with Crippen molar-refractivity contribution >= 4 is 27.2 Å². The van der Waals surface area contributed by atoms with Crippen molar-refractivity contribution in [3.8, 4) is 0 Å². The molecule has 1 saturated heterocycles. The predicted octanol–water partition coefficient (Wildman–Crippen LogP) is -0.0409. The number of thiocarbonyl (C=S) groups is 1. The highest BCUT2D eigenvalue weighted by atomic mass is 32.2. The quantitative estimate of drug-likeness (QED) is 0.723. The maximum atomic E-state index is 12.0. The minimum absolute atomic E-state index is 0.108. The van der Waals surface area contributed by atoms with Gasteiger partial charge in [0.15, 0.2) is 0 Å². The van der Waals surface area contributed by atoms with Gasteiger partial charge in [0.2, 0.25) is 10.0 Å². The van der Waals surface area contributed by atoms with Gasteiger partial charge in [0.05, 0.1) is 12.4 Å². The van der Waals surface area contributed by atoms with Crippen molar-refractivity contribution in [1.82, 2.24) is 4.31 Å². The van der Waals surface area contributed by atoms with Crippen LogP contribution in [0, 0.1) is 5.92 Å². The van der Waals surface area contributed by atoms with Crippen LogP contribution in [0.3, 0.4) is 0 Å². The third kappa shape index (κ3) is 3.65. The van der Waals surface area contributed by atoms with E-state index in [1.807, 2.05) is 13.8 Å². The number of nitrogens with two attached hydrogens (primary N) is 1. The van der Waals surface area contributed by atoms with Crippen LogP contribution in [0.1, 0.15) is 13.8 Å². The van der Waals surface area contributed by atoms with Gasteiger partial charge in [-0.2, -0.15) is 4.31 Å². The number of hydrogen-bond acceptors (Lipinski definition) is 4. The highest BCUT2D eigenvalue weighted by molar-refractivity contribution is 7.89. The molecule has 0 aliphatic carbocycles. The molecule has 2 N–H and O–H groups in total. The fourth-order valence-corrected chi connectivity index (χ4v) is 3.49. The molecule has 0 spiro atoms. The van der Waals surface area contributed by atoms with Gasteiger partial charge in [-0.15, -0.1) is 0 Å². The fourth-order valence-electron chi connectivity index (χ4n) is 1.58. The zero-order valence-corrected chi connectivity index (χ0v) is 11.2. The standard InChI is InChI=1S/C9H18N2O3S2/c1-7(2)6-16(12,13)11-3-4-14-8(5-11)9(10)15/h7-8H,3-6H2,1-2H3,(H2,10,15). The number of rotatable bonds is 4. The normalized spacial score (nSPS) is 23.6. The van der Waals surface area contributed by atoms with E-state index in [-0.39, 0.29) is 23.2 Å². The Morgan fingerprint density at radius 3 is 2.75 bits per heavy atom. The summed E-state index contributed by atoms with van der Waals surface area (Å²) in [7, 11) is -3.21. The van der Waals surface area contributed by atoms with Crippen LogP contribution in [0.4, 0.5) is 0 Å². The molecular weight excluding hydrogens is 248 g/mol. The Morgan fingerprint density at radius 1 is 1.62 bits per heavy atom. The molecule has 1 heterocycles. The van der Waals surface area contributed by atoms with Gasteiger partial charge in [0, 0.05) is 13.1 Å². The monoisotopic (exact) mass is 266 g/mol. The van der Waals surface area contributed by atoms with Crippen LogP contribution in [0.2, 0.25) is 0 Å². The van der Waals surface area contributed by atoms with E-state index in [0.29, 0.717) is 13.2 Å². The lowest BCUT2D eigenvalue weighted by Crippen LogP contribution is -2.50. The van der Waals surface area contributed by atoms with E-state index in [0.717, 1.165) is 0 Å². The molecule has 1 fully saturated rings. The average molecular weight is 266 g/mol. The summed E-state index contributed by atoms with van der Waals surface area (Å²) in [5.74, 6) is 0.257. The summed E-state index contributed by atoms with van der Waals surface area (Å²) in [5.41, 5.74) is 5.46. The minimum Gasteiger partial charge on any atom is -0.391 e. The van der Waals surface area contributed by atoms with Gasteiger partial charge in [0.1, 0.15) is 11.1 Å². The molecule has 0 bridgehead atoms. The van der Waals surface area contributed by atoms with Crippen molar-refractivity contribution in [1.29, 1.82) is 0 Å². The highest BCUT2D eigenvalue weighted by Crippen LogP contribution is 2.13. The Bertz CT molecular complexity index is 354. The second kappa shape index (κ2) is 5.39. The number of sulfonamides is 1. The van der Waals surface area contributed by atoms with Crippen molar-refractivity contribution in [3.05, 3.63) is 0 Å². The zero-order valence-electron chi connectivity index (χ0n) is 9.55. The first-order chi connectivity index (χ1) is 7.33. The molecule has 1 rings (SSSR count). The number of morpholine rings is 1. The molecule has 16 heavy (non-hydrogen) atoms. The van der Waals surface area contributed by atoms with Crippen LogP contribution in [0.25, 0.3) is 0 Å². The Kier molecular flexibility index (Phi) is 4.66.